The van der Waals surface area contributed by atoms with E-state index in [0.29, 0.717) is 18.2 Å². The summed E-state index contributed by atoms with van der Waals surface area (Å²) in [4.78, 5) is 32.2. The van der Waals surface area contributed by atoms with E-state index in [0.717, 1.165) is 32.4 Å². The van der Waals surface area contributed by atoms with Crippen LogP contribution in [0.2, 0.25) is 0 Å². The minimum absolute atomic E-state index is 0.0886. The quantitative estimate of drug-likeness (QED) is 0.357. The van der Waals surface area contributed by atoms with Gasteiger partial charge in [-0.1, -0.05) is 30.3 Å². The van der Waals surface area contributed by atoms with Gasteiger partial charge < -0.3 is 15.5 Å². The van der Waals surface area contributed by atoms with Crippen LogP contribution in [0.1, 0.15) is 40.1 Å². The van der Waals surface area contributed by atoms with Gasteiger partial charge in [-0.3, -0.25) is 14.6 Å². The fourth-order valence-corrected chi connectivity index (χ4v) is 4.69. The van der Waals surface area contributed by atoms with Crippen LogP contribution in [-0.4, -0.2) is 46.2 Å². The molecule has 194 valence electrons. The zero-order valence-electron chi connectivity index (χ0n) is 20.9. The number of rotatable bonds is 8. The van der Waals surface area contributed by atoms with E-state index >= 15 is 0 Å². The molecule has 2 aromatic heterocycles. The van der Waals surface area contributed by atoms with Crippen molar-refractivity contribution >= 4 is 23.3 Å². The van der Waals surface area contributed by atoms with Crippen LogP contribution in [0.25, 0.3) is 5.69 Å². The first kappa shape index (κ1) is 25.1. The van der Waals surface area contributed by atoms with Crippen molar-refractivity contribution in [1.82, 2.24) is 20.1 Å². The molecule has 2 amide bonds. The maximum Gasteiger partial charge on any atom is 0.271 e. The van der Waals surface area contributed by atoms with E-state index in [1.54, 1.807) is 6.07 Å². The summed E-state index contributed by atoms with van der Waals surface area (Å²) in [6, 6.07) is 20.5. The maximum absolute atomic E-state index is 14.1. The first-order chi connectivity index (χ1) is 18.6. The number of para-hydroxylation sites is 1. The molecule has 0 saturated carbocycles. The molecule has 4 aromatic rings. The molecule has 0 aliphatic carbocycles. The van der Waals surface area contributed by atoms with Crippen LogP contribution < -0.4 is 15.5 Å². The molecule has 0 bridgehead atoms. The molecule has 9 heteroatoms. The Labute approximate surface area is 220 Å². The second-order valence-electron chi connectivity index (χ2n) is 9.28. The summed E-state index contributed by atoms with van der Waals surface area (Å²) in [6.07, 6.45) is 6.63. The first-order valence-electron chi connectivity index (χ1n) is 12.7. The number of nitrogens with one attached hydrogen (secondary N) is 2. The number of piperidine rings is 1. The maximum atomic E-state index is 14.1. The molecule has 3 heterocycles. The Morgan fingerprint density at radius 2 is 1.61 bits per heavy atom. The van der Waals surface area contributed by atoms with Gasteiger partial charge in [0.15, 0.2) is 5.69 Å². The molecule has 8 nitrogen and oxygen atoms in total. The SMILES string of the molecule is O=C(NCCC1CCN(c2ccncc2)CC1)c1cc(NC(=O)c2ccccc2F)n(-c2ccccc2)n1. The predicted molar refractivity (Wildman–Crippen MR) is 144 cm³/mol. The van der Waals surface area contributed by atoms with Crippen LogP contribution in [0, 0.1) is 11.7 Å². The molecule has 1 aliphatic heterocycles. The lowest BCUT2D eigenvalue weighted by atomic mass is 9.93. The smallest absolute Gasteiger partial charge is 0.271 e. The first-order valence-corrected chi connectivity index (χ1v) is 12.7. The number of carbonyl (C=O) groups excluding carboxylic acids is 2. The molecule has 5 rings (SSSR count). The van der Waals surface area contributed by atoms with Gasteiger partial charge in [-0.05, 0) is 61.6 Å². The Morgan fingerprint density at radius 1 is 0.895 bits per heavy atom. The van der Waals surface area contributed by atoms with Gasteiger partial charge in [0.1, 0.15) is 11.6 Å². The Bertz CT molecular complexity index is 1380. The average Bonchev–Trinajstić information content (AvgIpc) is 3.38. The van der Waals surface area contributed by atoms with E-state index in [-0.39, 0.29) is 23.0 Å². The van der Waals surface area contributed by atoms with E-state index in [9.17, 15) is 14.0 Å². The van der Waals surface area contributed by atoms with Crippen LogP contribution in [0.4, 0.5) is 15.9 Å². The number of carbonyl (C=O) groups is 2. The summed E-state index contributed by atoms with van der Waals surface area (Å²) >= 11 is 0. The van der Waals surface area contributed by atoms with Crippen molar-refractivity contribution in [3.8, 4) is 5.69 Å². The van der Waals surface area contributed by atoms with Crippen LogP contribution >= 0.6 is 0 Å². The second kappa shape index (κ2) is 11.7. The summed E-state index contributed by atoms with van der Waals surface area (Å²) in [5, 5.41) is 10.1. The number of hydrogen-bond donors (Lipinski definition) is 2. The van der Waals surface area contributed by atoms with E-state index in [4.69, 9.17) is 0 Å². The number of hydrogen-bond acceptors (Lipinski definition) is 5. The lowest BCUT2D eigenvalue weighted by Crippen LogP contribution is -2.35. The third kappa shape index (κ3) is 5.88. The molecule has 2 aromatic carbocycles. The highest BCUT2D eigenvalue weighted by atomic mass is 19.1. The normalized spacial score (nSPS) is 13.8. The second-order valence-corrected chi connectivity index (χ2v) is 9.28. The fraction of sp³-hybridized carbons (Fsp3) is 0.241. The zero-order chi connectivity index (χ0) is 26.3. The van der Waals surface area contributed by atoms with E-state index in [1.807, 2.05) is 54.9 Å². The van der Waals surface area contributed by atoms with Crippen LogP contribution in [0.5, 0.6) is 0 Å². The topological polar surface area (TPSA) is 92.2 Å². The highest BCUT2D eigenvalue weighted by molar-refractivity contribution is 6.04. The molecule has 0 unspecified atom stereocenters. The molecule has 1 fully saturated rings. The Morgan fingerprint density at radius 3 is 2.34 bits per heavy atom. The van der Waals surface area contributed by atoms with Gasteiger partial charge in [-0.15, -0.1) is 0 Å². The molecule has 38 heavy (non-hydrogen) atoms. The van der Waals surface area contributed by atoms with Gasteiger partial charge in [0.05, 0.1) is 11.3 Å². The largest absolute Gasteiger partial charge is 0.371 e. The molecule has 1 aliphatic rings. The minimum Gasteiger partial charge on any atom is -0.371 e. The Kier molecular flexibility index (Phi) is 7.73. The minimum atomic E-state index is -0.625. The summed E-state index contributed by atoms with van der Waals surface area (Å²) in [6.45, 7) is 2.50. The Hall–Kier alpha value is -4.53. The predicted octanol–water partition coefficient (Wildman–Crippen LogP) is 4.70. The third-order valence-electron chi connectivity index (χ3n) is 6.78. The molecular weight excluding hydrogens is 483 g/mol. The van der Waals surface area contributed by atoms with Crippen LogP contribution in [0.15, 0.2) is 85.2 Å². The van der Waals surface area contributed by atoms with Crippen molar-refractivity contribution in [3.63, 3.8) is 0 Å². The molecule has 0 radical (unpaired) electrons. The van der Waals surface area contributed by atoms with Gasteiger partial charge in [0, 0.05) is 43.8 Å². The number of pyridine rings is 1. The molecule has 0 atom stereocenters. The third-order valence-corrected chi connectivity index (χ3v) is 6.78. The van der Waals surface area contributed by atoms with Crippen molar-refractivity contribution in [2.75, 3.05) is 29.9 Å². The number of benzene rings is 2. The van der Waals surface area contributed by atoms with Crippen LogP contribution in [-0.2, 0) is 0 Å². The summed E-state index contributed by atoms with van der Waals surface area (Å²) in [7, 11) is 0. The lowest BCUT2D eigenvalue weighted by molar-refractivity contribution is 0.0944. The summed E-state index contributed by atoms with van der Waals surface area (Å²) in [5.74, 6) is -0.759. The molecular formula is C29H29FN6O2. The number of halogens is 1. The van der Waals surface area contributed by atoms with E-state index in [2.05, 4.69) is 25.6 Å². The number of nitrogens with zero attached hydrogens (tertiary/aromatic N) is 4. The zero-order valence-corrected chi connectivity index (χ0v) is 20.9. The summed E-state index contributed by atoms with van der Waals surface area (Å²) in [5.41, 5.74) is 1.94. The van der Waals surface area contributed by atoms with Gasteiger partial charge in [-0.2, -0.15) is 5.10 Å². The Balaban J connectivity index is 1.21. The summed E-state index contributed by atoms with van der Waals surface area (Å²) < 4.78 is 15.6. The molecule has 0 spiro atoms. The highest BCUT2D eigenvalue weighted by Crippen LogP contribution is 2.24. The van der Waals surface area contributed by atoms with E-state index in [1.165, 1.54) is 34.6 Å². The molecule has 1 saturated heterocycles. The van der Waals surface area contributed by atoms with Gasteiger partial charge in [0.2, 0.25) is 0 Å². The van der Waals surface area contributed by atoms with Crippen LogP contribution in [0.3, 0.4) is 0 Å². The van der Waals surface area contributed by atoms with E-state index < -0.39 is 11.7 Å². The number of amides is 2. The highest BCUT2D eigenvalue weighted by Gasteiger charge is 2.21. The molecule has 2 N–H and O–H groups in total. The van der Waals surface area contributed by atoms with Crippen molar-refractivity contribution in [1.29, 1.82) is 0 Å². The van der Waals surface area contributed by atoms with Crippen molar-refractivity contribution in [2.45, 2.75) is 19.3 Å². The monoisotopic (exact) mass is 512 g/mol. The average molecular weight is 513 g/mol. The standard InChI is InChI=1S/C29H29FN6O2/c30-25-9-5-4-8-24(25)28(37)33-27-20-26(34-36(27)23-6-2-1-3-7-23)29(38)32-17-10-21-13-18-35(19-14-21)22-11-15-31-16-12-22/h1-9,11-12,15-16,20-21H,10,13-14,17-19H2,(H,32,38)(H,33,37). The van der Waals surface area contributed by atoms with Crippen molar-refractivity contribution in [3.05, 3.63) is 102 Å². The van der Waals surface area contributed by atoms with Gasteiger partial charge in [0.25, 0.3) is 11.8 Å². The fourth-order valence-electron chi connectivity index (χ4n) is 4.69. The lowest BCUT2D eigenvalue weighted by Gasteiger charge is -2.33. The van der Waals surface area contributed by atoms with Crippen molar-refractivity contribution in [2.24, 2.45) is 5.92 Å². The van der Waals surface area contributed by atoms with Crippen molar-refractivity contribution < 1.29 is 14.0 Å². The van der Waals surface area contributed by atoms with Gasteiger partial charge in [-0.25, -0.2) is 9.07 Å². The number of anilines is 2. The number of aromatic nitrogens is 3. The van der Waals surface area contributed by atoms with Gasteiger partial charge >= 0.3 is 0 Å².